The topological polar surface area (TPSA) is 191 Å². The Hall–Kier alpha value is -2.67. The maximum atomic E-state index is 12.9. The van der Waals surface area contributed by atoms with E-state index in [1.807, 2.05) is 6.26 Å². The fraction of sp³-hybridized carbons (Fsp3) is 0.524. The lowest BCUT2D eigenvalue weighted by atomic mass is 10.0. The molecule has 5 atom stereocenters. The van der Waals surface area contributed by atoms with Gasteiger partial charge in [-0.05, 0) is 30.9 Å². The van der Waals surface area contributed by atoms with Crippen LogP contribution in [0.1, 0.15) is 18.9 Å². The Morgan fingerprint density at radius 3 is 2.09 bits per heavy atom. The molecule has 5 unspecified atom stereocenters. The zero-order valence-corrected chi connectivity index (χ0v) is 19.4. The molecule has 0 fully saturated rings. The van der Waals surface area contributed by atoms with Gasteiger partial charge in [-0.2, -0.15) is 11.8 Å². The van der Waals surface area contributed by atoms with Gasteiger partial charge >= 0.3 is 5.97 Å². The van der Waals surface area contributed by atoms with Crippen molar-refractivity contribution in [3.63, 3.8) is 0 Å². The molecule has 33 heavy (non-hydrogen) atoms. The van der Waals surface area contributed by atoms with E-state index in [0.29, 0.717) is 12.2 Å². The summed E-state index contributed by atoms with van der Waals surface area (Å²) in [5.41, 5.74) is 6.63. The van der Waals surface area contributed by atoms with Crippen molar-refractivity contribution in [3.05, 3.63) is 35.9 Å². The lowest BCUT2D eigenvalue weighted by molar-refractivity contribution is -0.145. The Labute approximate surface area is 196 Å². The van der Waals surface area contributed by atoms with Gasteiger partial charge in [0.15, 0.2) is 6.04 Å². The van der Waals surface area contributed by atoms with E-state index in [0.717, 1.165) is 5.56 Å². The van der Waals surface area contributed by atoms with Crippen molar-refractivity contribution < 1.29 is 34.5 Å². The number of amides is 3. The number of nitrogens with two attached hydrogens (primary N) is 1. The standard InChI is InChI=1S/C21H32N4O7S/c1-12(27)17(21(31)32)25-20(30)16(11-26)24-19(29)15(10-13-6-4-3-5-7-13)23-18(28)14(22)8-9-33-2/h3-7,12,14-17,26-27H,8-11,22H2,1-2H3,(H,23,28)(H,24,29)(H,25,30)(H,31,32). The predicted octanol–water partition coefficient (Wildman–Crippen LogP) is -1.78. The summed E-state index contributed by atoms with van der Waals surface area (Å²) in [6.07, 6.45) is 0.973. The molecule has 3 amide bonds. The molecule has 11 nitrogen and oxygen atoms in total. The van der Waals surface area contributed by atoms with E-state index < -0.39 is 60.6 Å². The van der Waals surface area contributed by atoms with E-state index in [1.165, 1.54) is 18.7 Å². The van der Waals surface area contributed by atoms with E-state index in [-0.39, 0.29) is 6.42 Å². The number of carbonyl (C=O) groups is 4. The Bertz CT molecular complexity index is 794. The number of thioether (sulfide) groups is 1. The molecule has 0 heterocycles. The van der Waals surface area contributed by atoms with Gasteiger partial charge in [0, 0.05) is 6.42 Å². The summed E-state index contributed by atoms with van der Waals surface area (Å²) in [6.45, 7) is 0.347. The number of benzene rings is 1. The van der Waals surface area contributed by atoms with E-state index in [4.69, 9.17) is 10.8 Å². The molecular weight excluding hydrogens is 452 g/mol. The molecule has 0 saturated carbocycles. The second-order valence-corrected chi connectivity index (χ2v) is 8.43. The second kappa shape index (κ2) is 14.5. The summed E-state index contributed by atoms with van der Waals surface area (Å²) in [5, 5.41) is 35.2. The largest absolute Gasteiger partial charge is 0.480 e. The number of nitrogens with one attached hydrogen (secondary N) is 3. The predicted molar refractivity (Wildman–Crippen MR) is 123 cm³/mol. The van der Waals surface area contributed by atoms with Crippen LogP contribution in [-0.4, -0.2) is 87.9 Å². The number of hydrogen-bond donors (Lipinski definition) is 7. The molecule has 0 spiro atoms. The third-order valence-electron chi connectivity index (χ3n) is 4.75. The third-order valence-corrected chi connectivity index (χ3v) is 5.39. The van der Waals surface area contributed by atoms with Crippen LogP contribution in [-0.2, 0) is 25.6 Å². The highest BCUT2D eigenvalue weighted by molar-refractivity contribution is 7.98. The summed E-state index contributed by atoms with van der Waals surface area (Å²) in [5.74, 6) is -3.12. The van der Waals surface area contributed by atoms with E-state index in [9.17, 15) is 29.4 Å². The number of aliphatic hydroxyl groups is 2. The first-order chi connectivity index (χ1) is 15.6. The molecule has 1 aromatic rings. The molecule has 0 bridgehead atoms. The smallest absolute Gasteiger partial charge is 0.328 e. The molecule has 1 rings (SSSR count). The van der Waals surface area contributed by atoms with Crippen LogP contribution in [0.3, 0.4) is 0 Å². The quantitative estimate of drug-likeness (QED) is 0.160. The molecule has 1 aromatic carbocycles. The zero-order chi connectivity index (χ0) is 25.0. The van der Waals surface area contributed by atoms with Crippen LogP contribution < -0.4 is 21.7 Å². The second-order valence-electron chi connectivity index (χ2n) is 7.45. The number of carbonyl (C=O) groups excluding carboxylic acids is 3. The normalized spacial score (nSPS) is 15.4. The van der Waals surface area contributed by atoms with Gasteiger partial charge in [-0.1, -0.05) is 30.3 Å². The van der Waals surface area contributed by atoms with Crippen molar-refractivity contribution >= 4 is 35.5 Å². The summed E-state index contributed by atoms with van der Waals surface area (Å²) in [4.78, 5) is 49.0. The first kappa shape index (κ1) is 28.4. The Kier molecular flexibility index (Phi) is 12.4. The average molecular weight is 485 g/mol. The maximum Gasteiger partial charge on any atom is 0.328 e. The van der Waals surface area contributed by atoms with E-state index >= 15 is 0 Å². The number of hydrogen-bond acceptors (Lipinski definition) is 8. The lowest BCUT2D eigenvalue weighted by Gasteiger charge is -2.25. The highest BCUT2D eigenvalue weighted by atomic mass is 32.2. The highest BCUT2D eigenvalue weighted by Gasteiger charge is 2.31. The number of carboxylic acids is 1. The molecule has 0 aromatic heterocycles. The molecule has 0 aliphatic rings. The van der Waals surface area contributed by atoms with Crippen LogP contribution in [0.25, 0.3) is 0 Å². The summed E-state index contributed by atoms with van der Waals surface area (Å²) in [7, 11) is 0. The minimum atomic E-state index is -1.63. The fourth-order valence-electron chi connectivity index (χ4n) is 2.82. The van der Waals surface area contributed by atoms with Crippen molar-refractivity contribution in [3.8, 4) is 0 Å². The van der Waals surface area contributed by atoms with Crippen LogP contribution in [0.4, 0.5) is 0 Å². The van der Waals surface area contributed by atoms with Crippen LogP contribution in [0.2, 0.25) is 0 Å². The van der Waals surface area contributed by atoms with Crippen molar-refractivity contribution in [1.29, 1.82) is 0 Å². The fourth-order valence-corrected chi connectivity index (χ4v) is 3.31. The zero-order valence-electron chi connectivity index (χ0n) is 18.6. The van der Waals surface area contributed by atoms with Gasteiger partial charge in [-0.15, -0.1) is 0 Å². The number of carboxylic acid groups (broad SMARTS) is 1. The van der Waals surface area contributed by atoms with E-state index in [2.05, 4.69) is 16.0 Å². The summed E-state index contributed by atoms with van der Waals surface area (Å²) >= 11 is 1.53. The Morgan fingerprint density at radius 2 is 1.58 bits per heavy atom. The molecule has 12 heteroatoms. The van der Waals surface area contributed by atoms with Gasteiger partial charge in [0.05, 0.1) is 18.8 Å². The summed E-state index contributed by atoms with van der Waals surface area (Å²) < 4.78 is 0. The average Bonchev–Trinajstić information content (AvgIpc) is 2.78. The minimum Gasteiger partial charge on any atom is -0.480 e. The van der Waals surface area contributed by atoms with Gasteiger partial charge in [-0.25, -0.2) is 4.79 Å². The SMILES string of the molecule is CSCCC(N)C(=O)NC(Cc1ccccc1)C(=O)NC(CO)C(=O)NC(C(=O)O)C(C)O. The van der Waals surface area contributed by atoms with Gasteiger partial charge < -0.3 is 37.0 Å². The third kappa shape index (κ3) is 9.78. The first-order valence-corrected chi connectivity index (χ1v) is 11.7. The van der Waals surface area contributed by atoms with Crippen LogP contribution in [0.15, 0.2) is 30.3 Å². The molecule has 0 aliphatic heterocycles. The van der Waals surface area contributed by atoms with Crippen LogP contribution in [0.5, 0.6) is 0 Å². The van der Waals surface area contributed by atoms with Crippen molar-refractivity contribution in [1.82, 2.24) is 16.0 Å². The molecule has 0 aliphatic carbocycles. The van der Waals surface area contributed by atoms with Gasteiger partial charge in [0.1, 0.15) is 12.1 Å². The molecule has 184 valence electrons. The number of aliphatic hydroxyl groups excluding tert-OH is 2. The molecule has 8 N–H and O–H groups in total. The summed E-state index contributed by atoms with van der Waals surface area (Å²) in [6, 6.07) is 3.79. The monoisotopic (exact) mass is 484 g/mol. The van der Waals surface area contributed by atoms with Gasteiger partial charge in [0.25, 0.3) is 0 Å². The van der Waals surface area contributed by atoms with Crippen LogP contribution >= 0.6 is 11.8 Å². The molecule has 0 saturated heterocycles. The van der Waals surface area contributed by atoms with Gasteiger partial charge in [0.2, 0.25) is 17.7 Å². The van der Waals surface area contributed by atoms with Gasteiger partial charge in [-0.3, -0.25) is 14.4 Å². The number of rotatable bonds is 14. The number of aliphatic carboxylic acids is 1. The van der Waals surface area contributed by atoms with E-state index in [1.54, 1.807) is 30.3 Å². The van der Waals surface area contributed by atoms with Crippen LogP contribution in [0, 0.1) is 0 Å². The molecular formula is C21H32N4O7S. The molecule has 0 radical (unpaired) electrons. The van der Waals surface area contributed by atoms with Crippen molar-refractivity contribution in [2.45, 2.75) is 50.0 Å². The highest BCUT2D eigenvalue weighted by Crippen LogP contribution is 2.06. The maximum absolute atomic E-state index is 12.9. The Balaban J connectivity index is 2.96. The first-order valence-electron chi connectivity index (χ1n) is 10.3. The Morgan fingerprint density at radius 1 is 1.00 bits per heavy atom. The minimum absolute atomic E-state index is 0.0961. The lowest BCUT2D eigenvalue weighted by Crippen LogP contribution is -2.59. The van der Waals surface area contributed by atoms with Crippen molar-refractivity contribution in [2.24, 2.45) is 5.73 Å². The van der Waals surface area contributed by atoms with Crippen molar-refractivity contribution in [2.75, 3.05) is 18.6 Å².